The van der Waals surface area contributed by atoms with Crippen molar-refractivity contribution in [2.45, 2.75) is 84.5 Å². The molecule has 0 aliphatic heterocycles. The lowest BCUT2D eigenvalue weighted by atomic mass is 10.0. The van der Waals surface area contributed by atoms with E-state index in [-0.39, 0.29) is 12.5 Å². The minimum absolute atomic E-state index is 0.0718. The molecule has 1 heterocycles. The molecule has 1 aromatic heterocycles. The number of carbonyl (C=O) groups is 1. The van der Waals surface area contributed by atoms with Crippen LogP contribution in [0.15, 0.2) is 33.9 Å². The lowest BCUT2D eigenvalue weighted by Gasteiger charge is -2.26. The number of carboxylic acid groups (broad SMARTS) is 1. The maximum absolute atomic E-state index is 12.4. The van der Waals surface area contributed by atoms with E-state index in [1.165, 1.54) is 11.7 Å². The number of aromatic nitrogens is 3. The van der Waals surface area contributed by atoms with E-state index >= 15 is 0 Å². The van der Waals surface area contributed by atoms with Crippen LogP contribution < -0.4 is 20.7 Å². The second-order valence-electron chi connectivity index (χ2n) is 8.41. The van der Waals surface area contributed by atoms with Crippen LogP contribution in [0, 0.1) is 0 Å². The van der Waals surface area contributed by atoms with Gasteiger partial charge in [0.2, 0.25) is 5.60 Å². The zero-order chi connectivity index (χ0) is 24.4. The Balaban J connectivity index is 2.06. The second-order valence-corrected chi connectivity index (χ2v) is 8.41. The fourth-order valence-corrected chi connectivity index (χ4v) is 3.44. The predicted molar refractivity (Wildman–Crippen MR) is 125 cm³/mol. The van der Waals surface area contributed by atoms with Gasteiger partial charge in [-0.15, -0.1) is 5.10 Å². The average Bonchev–Trinajstić information content (AvgIpc) is 2.79. The first-order valence-corrected chi connectivity index (χ1v) is 11.5. The third-order valence-corrected chi connectivity index (χ3v) is 5.50. The van der Waals surface area contributed by atoms with E-state index in [2.05, 4.69) is 12.0 Å². The van der Waals surface area contributed by atoms with E-state index in [0.717, 1.165) is 42.2 Å². The van der Waals surface area contributed by atoms with E-state index in [1.54, 1.807) is 31.2 Å². The molecule has 0 amide bonds. The molecule has 0 radical (unpaired) electrons. The highest BCUT2D eigenvalue weighted by Gasteiger charge is 2.34. The quantitative estimate of drug-likeness (QED) is 0.428. The van der Waals surface area contributed by atoms with Gasteiger partial charge in [-0.1, -0.05) is 58.1 Å². The molecule has 182 valence electrons. The molecule has 0 spiro atoms. The van der Waals surface area contributed by atoms with Crippen molar-refractivity contribution in [3.63, 3.8) is 0 Å². The maximum Gasteiger partial charge on any atom is 0.347 e. The first-order chi connectivity index (χ1) is 15.7. The summed E-state index contributed by atoms with van der Waals surface area (Å²) in [6.07, 6.45) is 6.26. The van der Waals surface area contributed by atoms with Crippen LogP contribution in [0.25, 0.3) is 0 Å². The molecule has 1 aromatic carbocycles. The lowest BCUT2D eigenvalue weighted by molar-refractivity contribution is -0.154. The van der Waals surface area contributed by atoms with Crippen molar-refractivity contribution in [1.82, 2.24) is 14.3 Å². The van der Waals surface area contributed by atoms with Crippen LogP contribution in [0.3, 0.4) is 0 Å². The smallest absolute Gasteiger partial charge is 0.347 e. The van der Waals surface area contributed by atoms with E-state index in [9.17, 15) is 19.5 Å². The summed E-state index contributed by atoms with van der Waals surface area (Å²) in [7, 11) is 1.41. The Kier molecular flexibility index (Phi) is 9.69. The number of ether oxygens (including phenoxy) is 2. The molecule has 1 atom stereocenters. The molecule has 0 saturated carbocycles. The summed E-state index contributed by atoms with van der Waals surface area (Å²) in [4.78, 5) is 36.3. The van der Waals surface area contributed by atoms with Crippen molar-refractivity contribution in [2.24, 2.45) is 7.05 Å². The van der Waals surface area contributed by atoms with Crippen molar-refractivity contribution in [1.29, 1.82) is 0 Å². The summed E-state index contributed by atoms with van der Waals surface area (Å²) in [5.74, 6) is -0.714. The van der Waals surface area contributed by atoms with E-state index in [4.69, 9.17) is 9.47 Å². The van der Waals surface area contributed by atoms with Gasteiger partial charge >= 0.3 is 17.2 Å². The van der Waals surface area contributed by atoms with Crippen LogP contribution >= 0.6 is 0 Å². The van der Waals surface area contributed by atoms with Crippen LogP contribution in [0.2, 0.25) is 0 Å². The van der Waals surface area contributed by atoms with Gasteiger partial charge < -0.3 is 14.6 Å². The Morgan fingerprint density at radius 2 is 1.73 bits per heavy atom. The van der Waals surface area contributed by atoms with Gasteiger partial charge in [-0.3, -0.25) is 9.36 Å². The van der Waals surface area contributed by atoms with Gasteiger partial charge in [0.15, 0.2) is 0 Å². The lowest BCUT2D eigenvalue weighted by Crippen LogP contribution is -2.41. The summed E-state index contributed by atoms with van der Waals surface area (Å²) in [6.45, 7) is 6.10. The zero-order valence-corrected chi connectivity index (χ0v) is 20.0. The molecule has 33 heavy (non-hydrogen) atoms. The Morgan fingerprint density at radius 3 is 2.33 bits per heavy atom. The van der Waals surface area contributed by atoms with Crippen LogP contribution in [0.5, 0.6) is 11.6 Å². The summed E-state index contributed by atoms with van der Waals surface area (Å²) < 4.78 is 13.6. The third kappa shape index (κ3) is 7.20. The van der Waals surface area contributed by atoms with Gasteiger partial charge in [0.1, 0.15) is 12.4 Å². The number of nitrogens with zero attached hydrogens (tertiary/aromatic N) is 3. The molecule has 1 N–H and O–H groups in total. The summed E-state index contributed by atoms with van der Waals surface area (Å²) in [5, 5.41) is 13.6. The number of unbranched alkanes of at least 4 members (excludes halogenated alkanes) is 4. The van der Waals surface area contributed by atoms with Crippen molar-refractivity contribution in [3.8, 4) is 11.6 Å². The van der Waals surface area contributed by atoms with E-state index < -0.39 is 22.8 Å². The van der Waals surface area contributed by atoms with Crippen LogP contribution in [0.4, 0.5) is 0 Å². The van der Waals surface area contributed by atoms with Crippen molar-refractivity contribution in [2.75, 3.05) is 0 Å². The Morgan fingerprint density at radius 1 is 1.06 bits per heavy atom. The first-order valence-electron chi connectivity index (χ1n) is 11.5. The number of carboxylic acids is 1. The van der Waals surface area contributed by atoms with Gasteiger partial charge in [0.05, 0.1) is 0 Å². The third-order valence-electron chi connectivity index (χ3n) is 5.50. The van der Waals surface area contributed by atoms with Crippen molar-refractivity contribution in [3.05, 3.63) is 50.7 Å². The van der Waals surface area contributed by atoms with Crippen LogP contribution in [0.1, 0.15) is 71.3 Å². The number of rotatable bonds is 14. The molecule has 9 nitrogen and oxygen atoms in total. The average molecular weight is 462 g/mol. The molecule has 0 saturated heterocycles. The van der Waals surface area contributed by atoms with Gasteiger partial charge in [-0.2, -0.15) is 0 Å². The molecule has 1 unspecified atom stereocenters. The van der Waals surface area contributed by atoms with Crippen LogP contribution in [-0.2, 0) is 25.0 Å². The van der Waals surface area contributed by atoms with Gasteiger partial charge in [0.25, 0.3) is 5.88 Å². The number of benzene rings is 1. The standard InChI is InChI=1S/C24H35N3O6/c1-5-7-8-9-10-16-27-23(31)26(4)21(28)20(25-27)32-17-18-11-13-19(14-12-18)33-24(3,15-6-2)22(29)30/h11-14H,5-10,15-17H2,1-4H3,(H,29,30). The largest absolute Gasteiger partial charge is 0.478 e. The topological polar surface area (TPSA) is 113 Å². The monoisotopic (exact) mass is 461 g/mol. The number of aryl methyl sites for hydroxylation is 1. The molecule has 0 bridgehead atoms. The number of aliphatic carboxylic acids is 1. The molecule has 0 aliphatic rings. The Bertz CT molecular complexity index is 1030. The molecule has 2 aromatic rings. The summed E-state index contributed by atoms with van der Waals surface area (Å²) in [5.41, 5.74) is -1.60. The zero-order valence-electron chi connectivity index (χ0n) is 20.0. The van der Waals surface area contributed by atoms with E-state index in [1.807, 2.05) is 6.92 Å². The molecule has 0 fully saturated rings. The summed E-state index contributed by atoms with van der Waals surface area (Å²) >= 11 is 0. The van der Waals surface area contributed by atoms with E-state index in [0.29, 0.717) is 25.1 Å². The SMILES string of the molecule is CCCCCCCn1nc(OCc2ccc(OC(C)(CCC)C(=O)O)cc2)c(=O)n(C)c1=O. The summed E-state index contributed by atoms with van der Waals surface area (Å²) in [6, 6.07) is 6.80. The molecule has 9 heteroatoms. The molecular weight excluding hydrogens is 426 g/mol. The first kappa shape index (κ1) is 26.2. The fraction of sp³-hybridized carbons (Fsp3) is 0.583. The second kappa shape index (κ2) is 12.2. The van der Waals surface area contributed by atoms with Crippen molar-refractivity contribution < 1.29 is 19.4 Å². The molecular formula is C24H35N3O6. The van der Waals surface area contributed by atoms with Crippen LogP contribution in [-0.4, -0.2) is 31.0 Å². The Labute approximate surface area is 194 Å². The highest BCUT2D eigenvalue weighted by atomic mass is 16.5. The van der Waals surface area contributed by atoms with Crippen molar-refractivity contribution >= 4 is 5.97 Å². The number of hydrogen-bond acceptors (Lipinski definition) is 6. The van der Waals surface area contributed by atoms with Gasteiger partial charge in [-0.25, -0.2) is 14.3 Å². The number of hydrogen-bond donors (Lipinski definition) is 1. The fourth-order valence-electron chi connectivity index (χ4n) is 3.44. The Hall–Kier alpha value is -3.10. The predicted octanol–water partition coefficient (Wildman–Crippen LogP) is 3.51. The minimum Gasteiger partial charge on any atom is -0.478 e. The van der Waals surface area contributed by atoms with Gasteiger partial charge in [-0.05, 0) is 37.5 Å². The normalized spacial score (nSPS) is 12.8. The highest BCUT2D eigenvalue weighted by Crippen LogP contribution is 2.23. The molecule has 2 rings (SSSR count). The molecule has 0 aliphatic carbocycles. The highest BCUT2D eigenvalue weighted by molar-refractivity contribution is 5.77. The minimum atomic E-state index is -1.30. The maximum atomic E-state index is 12.4. The van der Waals surface area contributed by atoms with Gasteiger partial charge in [0, 0.05) is 13.6 Å².